The summed E-state index contributed by atoms with van der Waals surface area (Å²) < 4.78 is 0. The average Bonchev–Trinajstić information content (AvgIpc) is 3.24. The number of hydrogen-bond acceptors (Lipinski definition) is 5. The predicted octanol–water partition coefficient (Wildman–Crippen LogP) is 4.76. The molecule has 2 aromatic heterocycles. The highest BCUT2D eigenvalue weighted by atomic mass is 127. The van der Waals surface area contributed by atoms with Crippen LogP contribution in [0.1, 0.15) is 27.5 Å². The molecule has 0 aliphatic rings. The quantitative estimate of drug-likeness (QED) is 0.284. The van der Waals surface area contributed by atoms with Crippen LogP contribution in [0, 0.1) is 13.8 Å². The summed E-state index contributed by atoms with van der Waals surface area (Å²) >= 11 is 3.37. The van der Waals surface area contributed by atoms with E-state index >= 15 is 0 Å². The van der Waals surface area contributed by atoms with Gasteiger partial charge in [0, 0.05) is 22.4 Å². The number of halogens is 1. The zero-order valence-electron chi connectivity index (χ0n) is 15.7. The summed E-state index contributed by atoms with van der Waals surface area (Å²) in [5, 5.41) is 10.9. The smallest absolute Gasteiger partial charge is 0.191 e. The topological polar surface area (TPSA) is 62.2 Å². The lowest BCUT2D eigenvalue weighted by atomic mass is 10.2. The van der Waals surface area contributed by atoms with Crippen molar-refractivity contribution in [3.8, 4) is 11.3 Å². The Balaban J connectivity index is 0.00000261. The summed E-state index contributed by atoms with van der Waals surface area (Å²) in [6.45, 7) is 8.25. The molecule has 2 heterocycles. The van der Waals surface area contributed by atoms with Gasteiger partial charge in [0.2, 0.25) is 0 Å². The molecule has 8 heteroatoms. The number of benzene rings is 1. The molecule has 144 valence electrons. The summed E-state index contributed by atoms with van der Waals surface area (Å²) in [6, 6.07) is 10.2. The van der Waals surface area contributed by atoms with Crippen molar-refractivity contribution in [2.24, 2.45) is 4.99 Å². The van der Waals surface area contributed by atoms with Gasteiger partial charge in [-0.3, -0.25) is 0 Å². The lowest BCUT2D eigenvalue weighted by Gasteiger charge is -2.09. The van der Waals surface area contributed by atoms with Crippen LogP contribution in [0.2, 0.25) is 0 Å². The minimum absolute atomic E-state index is 0. The summed E-state index contributed by atoms with van der Waals surface area (Å²) in [7, 11) is 0. The predicted molar refractivity (Wildman–Crippen MR) is 126 cm³/mol. The van der Waals surface area contributed by atoms with E-state index in [9.17, 15) is 0 Å². The molecule has 0 amide bonds. The van der Waals surface area contributed by atoms with Gasteiger partial charge in [0.05, 0.1) is 29.5 Å². The van der Waals surface area contributed by atoms with E-state index in [0.29, 0.717) is 13.1 Å². The molecule has 0 bridgehead atoms. The van der Waals surface area contributed by atoms with E-state index in [1.807, 2.05) is 32.0 Å². The molecule has 0 radical (unpaired) electrons. The third-order valence-corrected chi connectivity index (χ3v) is 5.66. The molecule has 3 rings (SSSR count). The van der Waals surface area contributed by atoms with Gasteiger partial charge in [0.1, 0.15) is 5.01 Å². The normalized spacial score (nSPS) is 11.1. The van der Waals surface area contributed by atoms with Crippen molar-refractivity contribution in [3.63, 3.8) is 0 Å². The van der Waals surface area contributed by atoms with Gasteiger partial charge >= 0.3 is 0 Å². The van der Waals surface area contributed by atoms with E-state index in [-0.39, 0.29) is 24.0 Å². The number of nitrogens with zero attached hydrogens (tertiary/aromatic N) is 3. The highest BCUT2D eigenvalue weighted by Gasteiger charge is 2.07. The first-order chi connectivity index (χ1) is 12.7. The molecule has 0 spiro atoms. The van der Waals surface area contributed by atoms with Crippen molar-refractivity contribution >= 4 is 52.6 Å². The minimum atomic E-state index is 0. The fraction of sp³-hybridized carbons (Fsp3) is 0.316. The SMILES string of the molecule is CCNC(=NCc1sc(C)nc1C)NCc1nc(-c2ccccc2)cs1.I. The molecule has 0 saturated carbocycles. The second kappa shape index (κ2) is 10.7. The van der Waals surface area contributed by atoms with E-state index in [2.05, 4.69) is 45.0 Å². The molecule has 2 N–H and O–H groups in total. The molecule has 27 heavy (non-hydrogen) atoms. The van der Waals surface area contributed by atoms with Crippen molar-refractivity contribution < 1.29 is 0 Å². The van der Waals surface area contributed by atoms with Crippen LogP contribution in [0.25, 0.3) is 11.3 Å². The molecule has 0 aliphatic carbocycles. The maximum Gasteiger partial charge on any atom is 0.191 e. The summed E-state index contributed by atoms with van der Waals surface area (Å²) in [5.41, 5.74) is 3.23. The van der Waals surface area contributed by atoms with Gasteiger partial charge in [-0.1, -0.05) is 30.3 Å². The number of guanidine groups is 1. The van der Waals surface area contributed by atoms with Crippen molar-refractivity contribution in [2.45, 2.75) is 33.9 Å². The number of aliphatic imine (C=N–C) groups is 1. The van der Waals surface area contributed by atoms with Crippen molar-refractivity contribution in [3.05, 3.63) is 56.3 Å². The Kier molecular flexibility index (Phi) is 8.65. The van der Waals surface area contributed by atoms with Gasteiger partial charge in [-0.25, -0.2) is 15.0 Å². The molecule has 0 saturated heterocycles. The van der Waals surface area contributed by atoms with E-state index in [4.69, 9.17) is 4.98 Å². The second-order valence-corrected chi connectivity index (χ2v) is 8.01. The molecular weight excluding hydrogens is 489 g/mol. The zero-order valence-corrected chi connectivity index (χ0v) is 19.6. The lowest BCUT2D eigenvalue weighted by Crippen LogP contribution is -2.36. The van der Waals surface area contributed by atoms with Crippen molar-refractivity contribution in [2.75, 3.05) is 6.54 Å². The van der Waals surface area contributed by atoms with E-state index in [1.165, 1.54) is 4.88 Å². The third kappa shape index (κ3) is 6.25. The molecular formula is C19H24IN5S2. The van der Waals surface area contributed by atoms with Crippen LogP contribution in [-0.2, 0) is 13.1 Å². The Morgan fingerprint density at radius 1 is 1.11 bits per heavy atom. The Labute approximate surface area is 185 Å². The highest BCUT2D eigenvalue weighted by Crippen LogP contribution is 2.21. The summed E-state index contributed by atoms with van der Waals surface area (Å²) in [6.07, 6.45) is 0. The minimum Gasteiger partial charge on any atom is -0.357 e. The maximum atomic E-state index is 4.71. The van der Waals surface area contributed by atoms with Gasteiger partial charge in [-0.05, 0) is 20.8 Å². The number of thiazole rings is 2. The molecule has 0 fully saturated rings. The lowest BCUT2D eigenvalue weighted by molar-refractivity contribution is 0.812. The summed E-state index contributed by atoms with van der Waals surface area (Å²) in [4.78, 5) is 15.1. The monoisotopic (exact) mass is 513 g/mol. The van der Waals surface area contributed by atoms with E-state index < -0.39 is 0 Å². The molecule has 0 atom stereocenters. The van der Waals surface area contributed by atoms with Crippen LogP contribution in [0.15, 0.2) is 40.7 Å². The van der Waals surface area contributed by atoms with Crippen LogP contribution in [-0.4, -0.2) is 22.5 Å². The largest absolute Gasteiger partial charge is 0.357 e. The fourth-order valence-corrected chi connectivity index (χ4v) is 4.11. The maximum absolute atomic E-state index is 4.71. The Morgan fingerprint density at radius 2 is 1.89 bits per heavy atom. The van der Waals surface area contributed by atoms with Gasteiger partial charge in [-0.15, -0.1) is 46.7 Å². The Bertz CT molecular complexity index is 873. The molecule has 0 unspecified atom stereocenters. The van der Waals surface area contributed by atoms with Crippen molar-refractivity contribution in [1.82, 2.24) is 20.6 Å². The van der Waals surface area contributed by atoms with E-state index in [0.717, 1.165) is 39.5 Å². The highest BCUT2D eigenvalue weighted by molar-refractivity contribution is 14.0. The van der Waals surface area contributed by atoms with Gasteiger partial charge in [-0.2, -0.15) is 0 Å². The number of aromatic nitrogens is 2. The van der Waals surface area contributed by atoms with Crippen molar-refractivity contribution in [1.29, 1.82) is 0 Å². The molecule has 5 nitrogen and oxygen atoms in total. The number of nitrogens with one attached hydrogen (secondary N) is 2. The first kappa shape index (κ1) is 21.8. The van der Waals surface area contributed by atoms with Gasteiger partial charge in [0.25, 0.3) is 0 Å². The molecule has 3 aromatic rings. The van der Waals surface area contributed by atoms with Crippen LogP contribution < -0.4 is 10.6 Å². The number of aryl methyl sites for hydroxylation is 2. The first-order valence-electron chi connectivity index (χ1n) is 8.60. The Morgan fingerprint density at radius 3 is 2.56 bits per heavy atom. The molecule has 1 aromatic carbocycles. The van der Waals surface area contributed by atoms with Gasteiger partial charge < -0.3 is 10.6 Å². The molecule has 0 aliphatic heterocycles. The standard InChI is InChI=1S/C19H23N5S2.HI/c1-4-20-19(21-10-17-13(2)23-14(3)26-17)22-11-18-24-16(12-25-18)15-8-6-5-7-9-15;/h5-9,12H,4,10-11H2,1-3H3,(H2,20,21,22);1H. The second-order valence-electron chi connectivity index (χ2n) is 5.78. The van der Waals surface area contributed by atoms with Crippen LogP contribution in [0.3, 0.4) is 0 Å². The third-order valence-electron chi connectivity index (χ3n) is 3.75. The van der Waals surface area contributed by atoms with Crippen LogP contribution in [0.4, 0.5) is 0 Å². The van der Waals surface area contributed by atoms with Crippen LogP contribution >= 0.6 is 46.7 Å². The fourth-order valence-electron chi connectivity index (χ4n) is 2.51. The Hall–Kier alpha value is -1.52. The van der Waals surface area contributed by atoms with E-state index in [1.54, 1.807) is 22.7 Å². The van der Waals surface area contributed by atoms with Gasteiger partial charge in [0.15, 0.2) is 5.96 Å². The first-order valence-corrected chi connectivity index (χ1v) is 10.3. The number of hydrogen-bond donors (Lipinski definition) is 2. The number of rotatable bonds is 6. The summed E-state index contributed by atoms with van der Waals surface area (Å²) in [5.74, 6) is 0.800. The average molecular weight is 513 g/mol. The zero-order chi connectivity index (χ0) is 18.4. The van der Waals surface area contributed by atoms with Crippen LogP contribution in [0.5, 0.6) is 0 Å².